The molecule has 2 rings (SSSR count). The van der Waals surface area contributed by atoms with Gasteiger partial charge in [-0.2, -0.15) is 0 Å². The first kappa shape index (κ1) is 10.4. The average molecular weight is 230 g/mol. The van der Waals surface area contributed by atoms with Crippen molar-refractivity contribution in [1.29, 1.82) is 0 Å². The Hall–Kier alpha value is -1.13. The molecule has 1 aliphatic heterocycles. The van der Waals surface area contributed by atoms with E-state index in [2.05, 4.69) is 5.32 Å². The molecule has 1 N–H and O–H groups in total. The molecule has 0 aliphatic carbocycles. The van der Waals surface area contributed by atoms with Gasteiger partial charge in [0.15, 0.2) is 0 Å². The molecule has 1 aromatic carbocycles. The molecular formula is C10H9ClFNO2. The summed E-state index contributed by atoms with van der Waals surface area (Å²) in [7, 11) is 0. The number of nitrogens with one attached hydrogen (secondary N) is 1. The Morgan fingerprint density at radius 1 is 1.53 bits per heavy atom. The van der Waals surface area contributed by atoms with E-state index in [9.17, 15) is 9.18 Å². The predicted molar refractivity (Wildman–Crippen MR) is 53.5 cm³/mol. The number of carbonyl (C=O) groups excluding carboxylic acids is 1. The highest BCUT2D eigenvalue weighted by molar-refractivity contribution is 6.30. The lowest BCUT2D eigenvalue weighted by Crippen LogP contribution is -2.48. The van der Waals surface area contributed by atoms with Crippen LogP contribution in [0.5, 0.6) is 0 Å². The molecule has 15 heavy (non-hydrogen) atoms. The second kappa shape index (κ2) is 4.16. The van der Waals surface area contributed by atoms with Crippen LogP contribution in [-0.2, 0) is 4.74 Å². The van der Waals surface area contributed by atoms with Crippen LogP contribution in [0.15, 0.2) is 18.2 Å². The van der Waals surface area contributed by atoms with Gasteiger partial charge in [-0.1, -0.05) is 11.6 Å². The number of halogens is 2. The Labute approximate surface area is 91.2 Å². The van der Waals surface area contributed by atoms with E-state index in [0.29, 0.717) is 13.2 Å². The summed E-state index contributed by atoms with van der Waals surface area (Å²) in [4.78, 5) is 11.5. The van der Waals surface area contributed by atoms with E-state index in [4.69, 9.17) is 16.3 Å². The van der Waals surface area contributed by atoms with Crippen molar-refractivity contribution in [1.82, 2.24) is 5.32 Å². The molecule has 1 amide bonds. The van der Waals surface area contributed by atoms with Gasteiger partial charge in [-0.05, 0) is 18.2 Å². The molecule has 0 spiro atoms. The summed E-state index contributed by atoms with van der Waals surface area (Å²) in [6.07, 6.45) is 0. The number of rotatable bonds is 2. The van der Waals surface area contributed by atoms with Gasteiger partial charge in [-0.15, -0.1) is 0 Å². The second-order valence-corrected chi connectivity index (χ2v) is 3.74. The first-order chi connectivity index (χ1) is 7.16. The van der Waals surface area contributed by atoms with Crippen LogP contribution in [0.1, 0.15) is 10.4 Å². The molecule has 0 unspecified atom stereocenters. The summed E-state index contributed by atoms with van der Waals surface area (Å²) in [5, 5.41) is 2.72. The van der Waals surface area contributed by atoms with Crippen LogP contribution in [0.3, 0.4) is 0 Å². The van der Waals surface area contributed by atoms with E-state index >= 15 is 0 Å². The number of benzene rings is 1. The fourth-order valence-electron chi connectivity index (χ4n) is 1.23. The summed E-state index contributed by atoms with van der Waals surface area (Å²) in [6, 6.07) is 4.01. The summed E-state index contributed by atoms with van der Waals surface area (Å²) in [6.45, 7) is 1.03. The largest absolute Gasteiger partial charge is 0.377 e. The van der Waals surface area contributed by atoms with Crippen LogP contribution in [0.2, 0.25) is 5.02 Å². The monoisotopic (exact) mass is 229 g/mol. The summed E-state index contributed by atoms with van der Waals surface area (Å²) in [5.74, 6) is -0.895. The summed E-state index contributed by atoms with van der Waals surface area (Å²) in [5.41, 5.74) is 0.267. The quantitative estimate of drug-likeness (QED) is 0.837. The molecule has 1 aromatic rings. The molecular weight excluding hydrogens is 221 g/mol. The van der Waals surface area contributed by atoms with E-state index in [0.717, 1.165) is 6.07 Å². The minimum atomic E-state index is -0.589. The zero-order valence-corrected chi connectivity index (χ0v) is 8.55. The van der Waals surface area contributed by atoms with E-state index in [1.165, 1.54) is 12.1 Å². The Kier molecular flexibility index (Phi) is 2.88. The fraction of sp³-hybridized carbons (Fsp3) is 0.300. The number of carbonyl (C=O) groups is 1. The van der Waals surface area contributed by atoms with Crippen LogP contribution >= 0.6 is 11.6 Å². The van der Waals surface area contributed by atoms with Crippen molar-refractivity contribution in [2.24, 2.45) is 0 Å². The average Bonchev–Trinajstić information content (AvgIpc) is 2.15. The van der Waals surface area contributed by atoms with Crippen molar-refractivity contribution in [2.45, 2.75) is 6.04 Å². The van der Waals surface area contributed by atoms with Crippen LogP contribution in [0, 0.1) is 5.82 Å². The zero-order chi connectivity index (χ0) is 10.8. The molecule has 0 aromatic heterocycles. The van der Waals surface area contributed by atoms with Gasteiger partial charge < -0.3 is 10.1 Å². The third-order valence-electron chi connectivity index (χ3n) is 2.16. The van der Waals surface area contributed by atoms with E-state index in [-0.39, 0.29) is 22.5 Å². The van der Waals surface area contributed by atoms with Gasteiger partial charge in [0.2, 0.25) is 0 Å². The molecule has 3 nitrogen and oxygen atoms in total. The van der Waals surface area contributed by atoms with Gasteiger partial charge >= 0.3 is 0 Å². The Bertz CT molecular complexity index is 393. The van der Waals surface area contributed by atoms with E-state index in [1.807, 2.05) is 0 Å². The molecule has 1 saturated heterocycles. The lowest BCUT2D eigenvalue weighted by molar-refractivity contribution is -0.00346. The number of ether oxygens (including phenoxy) is 1. The van der Waals surface area contributed by atoms with Gasteiger partial charge in [0, 0.05) is 5.56 Å². The van der Waals surface area contributed by atoms with Gasteiger partial charge in [-0.3, -0.25) is 4.79 Å². The predicted octanol–water partition coefficient (Wildman–Crippen LogP) is 1.61. The fourth-order valence-corrected chi connectivity index (χ4v) is 1.34. The zero-order valence-electron chi connectivity index (χ0n) is 7.80. The third kappa shape index (κ3) is 2.27. The summed E-state index contributed by atoms with van der Waals surface area (Å²) >= 11 is 5.50. The SMILES string of the molecule is O=C(NC1COC1)c1ccc(Cl)c(F)c1. The molecule has 80 valence electrons. The maximum absolute atomic E-state index is 13.0. The number of hydrogen-bond donors (Lipinski definition) is 1. The highest BCUT2D eigenvalue weighted by Crippen LogP contribution is 2.15. The first-order valence-electron chi connectivity index (χ1n) is 4.50. The highest BCUT2D eigenvalue weighted by atomic mass is 35.5. The van der Waals surface area contributed by atoms with Crippen molar-refractivity contribution in [3.8, 4) is 0 Å². The molecule has 0 saturated carbocycles. The standard InChI is InChI=1S/C10H9ClFNO2/c11-8-2-1-6(3-9(8)12)10(14)13-7-4-15-5-7/h1-3,7H,4-5H2,(H,13,14). The molecule has 1 fully saturated rings. The van der Waals surface area contributed by atoms with Crippen molar-refractivity contribution >= 4 is 17.5 Å². The lowest BCUT2D eigenvalue weighted by atomic mass is 10.2. The van der Waals surface area contributed by atoms with Crippen LogP contribution in [0.25, 0.3) is 0 Å². The normalized spacial score (nSPS) is 15.9. The Morgan fingerprint density at radius 2 is 2.27 bits per heavy atom. The van der Waals surface area contributed by atoms with Crippen LogP contribution in [-0.4, -0.2) is 25.2 Å². The van der Waals surface area contributed by atoms with Gasteiger partial charge in [0.25, 0.3) is 5.91 Å². The van der Waals surface area contributed by atoms with Gasteiger partial charge in [0.05, 0.1) is 24.3 Å². The minimum absolute atomic E-state index is 0.0125. The minimum Gasteiger partial charge on any atom is -0.377 e. The smallest absolute Gasteiger partial charge is 0.251 e. The van der Waals surface area contributed by atoms with Crippen molar-refractivity contribution in [3.05, 3.63) is 34.6 Å². The lowest BCUT2D eigenvalue weighted by Gasteiger charge is -2.26. The highest BCUT2D eigenvalue weighted by Gasteiger charge is 2.21. The molecule has 5 heteroatoms. The second-order valence-electron chi connectivity index (χ2n) is 3.34. The summed E-state index contributed by atoms with van der Waals surface area (Å²) < 4.78 is 17.9. The van der Waals surface area contributed by atoms with Crippen LogP contribution in [0.4, 0.5) is 4.39 Å². The van der Waals surface area contributed by atoms with Crippen molar-refractivity contribution in [2.75, 3.05) is 13.2 Å². The third-order valence-corrected chi connectivity index (χ3v) is 2.46. The Balaban J connectivity index is 2.07. The van der Waals surface area contributed by atoms with Crippen molar-refractivity contribution < 1.29 is 13.9 Å². The molecule has 1 aliphatic rings. The van der Waals surface area contributed by atoms with Crippen molar-refractivity contribution in [3.63, 3.8) is 0 Å². The van der Waals surface area contributed by atoms with Crippen LogP contribution < -0.4 is 5.32 Å². The molecule has 0 radical (unpaired) electrons. The Morgan fingerprint density at radius 3 is 2.80 bits per heavy atom. The maximum atomic E-state index is 13.0. The number of hydrogen-bond acceptors (Lipinski definition) is 2. The van der Waals surface area contributed by atoms with Gasteiger partial charge in [-0.25, -0.2) is 4.39 Å². The number of amides is 1. The first-order valence-corrected chi connectivity index (χ1v) is 4.88. The molecule has 1 heterocycles. The topological polar surface area (TPSA) is 38.3 Å². The van der Waals surface area contributed by atoms with E-state index < -0.39 is 5.82 Å². The van der Waals surface area contributed by atoms with Gasteiger partial charge in [0.1, 0.15) is 5.82 Å². The maximum Gasteiger partial charge on any atom is 0.251 e. The van der Waals surface area contributed by atoms with E-state index in [1.54, 1.807) is 0 Å². The molecule has 0 bridgehead atoms. The molecule has 0 atom stereocenters.